The molecule has 25 heavy (non-hydrogen) atoms. The van der Waals surface area contributed by atoms with Gasteiger partial charge >= 0.3 is 0 Å². The van der Waals surface area contributed by atoms with Gasteiger partial charge in [-0.3, -0.25) is 4.90 Å². The van der Waals surface area contributed by atoms with Gasteiger partial charge < -0.3 is 9.84 Å². The Morgan fingerprint density at radius 2 is 1.60 bits per heavy atom. The molecule has 1 aliphatic rings. The second kappa shape index (κ2) is 7.48. The average Bonchev–Trinajstić information content (AvgIpc) is 2.61. The molecule has 2 aromatic rings. The van der Waals surface area contributed by atoms with Crippen molar-refractivity contribution in [1.82, 2.24) is 4.90 Å². The minimum Gasteiger partial charge on any atom is -0.497 e. The lowest BCUT2D eigenvalue weighted by atomic mass is 9.71. The second-order valence-electron chi connectivity index (χ2n) is 7.18. The lowest BCUT2D eigenvalue weighted by molar-refractivity contribution is -0.114. The van der Waals surface area contributed by atoms with Crippen LogP contribution in [0, 0.1) is 11.8 Å². The third kappa shape index (κ3) is 3.76. The first kappa shape index (κ1) is 18.4. The van der Waals surface area contributed by atoms with Crippen LogP contribution in [0.5, 0.6) is 5.75 Å². The molecule has 1 heterocycles. The number of methoxy groups -OCH3 is 1. The summed E-state index contributed by atoms with van der Waals surface area (Å²) in [4.78, 5) is 2.43. The zero-order valence-electron chi connectivity index (χ0n) is 15.1. The van der Waals surface area contributed by atoms with Crippen LogP contribution in [-0.2, 0) is 12.1 Å². The molecule has 0 aromatic heterocycles. The van der Waals surface area contributed by atoms with E-state index in [0.29, 0.717) is 0 Å². The van der Waals surface area contributed by atoms with Crippen molar-refractivity contribution in [2.24, 2.45) is 11.8 Å². The summed E-state index contributed by atoms with van der Waals surface area (Å²) < 4.78 is 6.27. The van der Waals surface area contributed by atoms with Gasteiger partial charge in [0, 0.05) is 35.9 Å². The number of aliphatic hydroxyl groups is 1. The molecule has 0 radical (unpaired) electrons. The summed E-state index contributed by atoms with van der Waals surface area (Å²) in [5.74, 6) is 1.21. The highest BCUT2D eigenvalue weighted by Gasteiger charge is 2.45. The largest absolute Gasteiger partial charge is 0.497 e. The smallest absolute Gasteiger partial charge is 0.118 e. The molecule has 1 saturated heterocycles. The zero-order chi connectivity index (χ0) is 18.0. The fraction of sp³-hybridized carbons (Fsp3) is 0.429. The number of rotatable bonds is 4. The Balaban J connectivity index is 1.73. The van der Waals surface area contributed by atoms with E-state index in [1.165, 1.54) is 5.56 Å². The molecule has 0 saturated carbocycles. The monoisotopic (exact) mass is 403 g/mol. The van der Waals surface area contributed by atoms with Crippen LogP contribution >= 0.6 is 15.9 Å². The van der Waals surface area contributed by atoms with Gasteiger partial charge in [0.1, 0.15) is 5.75 Å². The predicted molar refractivity (Wildman–Crippen MR) is 105 cm³/mol. The molecule has 3 nitrogen and oxygen atoms in total. The fourth-order valence-corrected chi connectivity index (χ4v) is 4.28. The molecule has 0 aliphatic carbocycles. The Bertz CT molecular complexity index is 687. The second-order valence-corrected chi connectivity index (χ2v) is 8.09. The van der Waals surface area contributed by atoms with Crippen molar-refractivity contribution in [1.29, 1.82) is 0 Å². The van der Waals surface area contributed by atoms with Crippen molar-refractivity contribution in [3.8, 4) is 5.75 Å². The van der Waals surface area contributed by atoms with Crippen LogP contribution in [0.1, 0.15) is 25.0 Å². The van der Waals surface area contributed by atoms with Crippen LogP contribution in [0.15, 0.2) is 53.0 Å². The molecule has 1 N–H and O–H groups in total. The minimum absolute atomic E-state index is 0.163. The van der Waals surface area contributed by atoms with Gasteiger partial charge in [0.05, 0.1) is 12.7 Å². The highest BCUT2D eigenvalue weighted by Crippen LogP contribution is 2.41. The van der Waals surface area contributed by atoms with E-state index in [4.69, 9.17) is 4.74 Å². The summed E-state index contributed by atoms with van der Waals surface area (Å²) >= 11 is 3.48. The molecule has 0 bridgehead atoms. The van der Waals surface area contributed by atoms with Gasteiger partial charge in [0.25, 0.3) is 0 Å². The number of likely N-dealkylation sites (tertiary alicyclic amines) is 1. The van der Waals surface area contributed by atoms with Crippen LogP contribution in [0.25, 0.3) is 0 Å². The van der Waals surface area contributed by atoms with Crippen molar-refractivity contribution < 1.29 is 9.84 Å². The van der Waals surface area contributed by atoms with E-state index in [9.17, 15) is 5.11 Å². The SMILES string of the molecule is COc1ccc(CN2C[C@@H](C)[C@](O)(c3ccc(Br)cc3)[C@@H](C)C2)cc1. The average molecular weight is 404 g/mol. The minimum atomic E-state index is -0.781. The molecule has 3 atom stereocenters. The van der Waals surface area contributed by atoms with Crippen LogP contribution < -0.4 is 4.74 Å². The maximum absolute atomic E-state index is 11.5. The van der Waals surface area contributed by atoms with Crippen molar-refractivity contribution in [3.05, 3.63) is 64.1 Å². The maximum atomic E-state index is 11.5. The number of nitrogens with zero attached hydrogens (tertiary/aromatic N) is 1. The first-order valence-electron chi connectivity index (χ1n) is 8.77. The standard InChI is InChI=1S/C21H26BrNO2/c1-15-12-23(14-17-4-10-20(25-3)11-5-17)13-16(2)21(15,24)18-6-8-19(22)9-7-18/h4-11,15-16,24H,12-14H2,1-3H3/t15-,16+,21-. The lowest BCUT2D eigenvalue weighted by Crippen LogP contribution is -2.54. The van der Waals surface area contributed by atoms with E-state index in [1.807, 2.05) is 36.4 Å². The number of hydrogen-bond donors (Lipinski definition) is 1. The fourth-order valence-electron chi connectivity index (χ4n) is 4.02. The first-order valence-corrected chi connectivity index (χ1v) is 9.56. The van der Waals surface area contributed by atoms with Crippen molar-refractivity contribution in [2.75, 3.05) is 20.2 Å². The Morgan fingerprint density at radius 3 is 2.12 bits per heavy atom. The van der Waals surface area contributed by atoms with Crippen LogP contribution in [0.4, 0.5) is 0 Å². The highest BCUT2D eigenvalue weighted by atomic mass is 79.9. The van der Waals surface area contributed by atoms with Crippen LogP contribution in [0.3, 0.4) is 0 Å². The summed E-state index contributed by atoms with van der Waals surface area (Å²) in [5, 5.41) is 11.5. The van der Waals surface area contributed by atoms with Gasteiger partial charge in [-0.2, -0.15) is 0 Å². The number of hydrogen-bond acceptors (Lipinski definition) is 3. The molecule has 134 valence electrons. The topological polar surface area (TPSA) is 32.7 Å². The molecule has 0 spiro atoms. The summed E-state index contributed by atoms with van der Waals surface area (Å²) in [5.41, 5.74) is 1.51. The Morgan fingerprint density at radius 1 is 1.04 bits per heavy atom. The normalized spacial score (nSPS) is 27.2. The number of piperidine rings is 1. The van der Waals surface area contributed by atoms with Crippen molar-refractivity contribution >= 4 is 15.9 Å². The maximum Gasteiger partial charge on any atom is 0.118 e. The molecule has 1 aliphatic heterocycles. The molecular formula is C21H26BrNO2. The van der Waals surface area contributed by atoms with E-state index in [0.717, 1.165) is 35.4 Å². The summed E-state index contributed by atoms with van der Waals surface area (Å²) in [7, 11) is 1.69. The van der Waals surface area contributed by atoms with Gasteiger partial charge in [-0.05, 0) is 35.4 Å². The predicted octanol–water partition coefficient (Wildman–Crippen LogP) is 4.43. The quantitative estimate of drug-likeness (QED) is 0.818. The third-order valence-electron chi connectivity index (χ3n) is 5.44. The van der Waals surface area contributed by atoms with Gasteiger partial charge in [0.15, 0.2) is 0 Å². The number of halogens is 1. The van der Waals surface area contributed by atoms with Crippen molar-refractivity contribution in [3.63, 3.8) is 0 Å². The molecule has 0 amide bonds. The lowest BCUT2D eigenvalue weighted by Gasteiger charge is -2.48. The zero-order valence-corrected chi connectivity index (χ0v) is 16.7. The van der Waals surface area contributed by atoms with Crippen molar-refractivity contribution in [2.45, 2.75) is 26.0 Å². The Kier molecular flexibility index (Phi) is 5.52. The van der Waals surface area contributed by atoms with Crippen LogP contribution in [-0.4, -0.2) is 30.2 Å². The molecule has 4 heteroatoms. The Hall–Kier alpha value is -1.36. The first-order chi connectivity index (χ1) is 11.9. The number of benzene rings is 2. The van der Waals surface area contributed by atoms with E-state index in [2.05, 4.69) is 46.8 Å². The van der Waals surface area contributed by atoms with Gasteiger partial charge in [0.2, 0.25) is 0 Å². The summed E-state index contributed by atoms with van der Waals surface area (Å²) in [6.45, 7) is 6.96. The third-order valence-corrected chi connectivity index (χ3v) is 5.97. The van der Waals surface area contributed by atoms with E-state index in [-0.39, 0.29) is 11.8 Å². The summed E-state index contributed by atoms with van der Waals surface area (Å²) in [6.07, 6.45) is 0. The van der Waals surface area contributed by atoms with Gasteiger partial charge in [-0.25, -0.2) is 0 Å². The molecular weight excluding hydrogens is 378 g/mol. The summed E-state index contributed by atoms with van der Waals surface area (Å²) in [6, 6.07) is 16.3. The van der Waals surface area contributed by atoms with E-state index >= 15 is 0 Å². The molecule has 3 rings (SSSR count). The van der Waals surface area contributed by atoms with E-state index in [1.54, 1.807) is 7.11 Å². The van der Waals surface area contributed by atoms with Gasteiger partial charge in [-0.1, -0.05) is 54.0 Å². The highest BCUT2D eigenvalue weighted by molar-refractivity contribution is 9.10. The van der Waals surface area contributed by atoms with Crippen LogP contribution in [0.2, 0.25) is 0 Å². The molecule has 1 fully saturated rings. The molecule has 2 aromatic carbocycles. The van der Waals surface area contributed by atoms with E-state index < -0.39 is 5.60 Å². The van der Waals surface area contributed by atoms with Gasteiger partial charge in [-0.15, -0.1) is 0 Å². The number of ether oxygens (including phenoxy) is 1. The molecule has 0 unspecified atom stereocenters. The Labute approximate surface area is 158 Å².